The molecule has 0 spiro atoms. The van der Waals surface area contributed by atoms with Gasteiger partial charge in [0.1, 0.15) is 0 Å². The molecule has 20 heavy (non-hydrogen) atoms. The highest BCUT2D eigenvalue weighted by molar-refractivity contribution is 5.94. The van der Waals surface area contributed by atoms with Crippen molar-refractivity contribution in [1.29, 1.82) is 0 Å². The van der Waals surface area contributed by atoms with Gasteiger partial charge >= 0.3 is 0 Å². The average molecular weight is 270 g/mol. The summed E-state index contributed by atoms with van der Waals surface area (Å²) < 4.78 is 0. The van der Waals surface area contributed by atoms with Gasteiger partial charge in [0.05, 0.1) is 0 Å². The van der Waals surface area contributed by atoms with Gasteiger partial charge in [0.15, 0.2) is 0 Å². The van der Waals surface area contributed by atoms with Crippen molar-refractivity contribution in [2.75, 3.05) is 26.7 Å². The third kappa shape index (κ3) is 4.40. The monoisotopic (exact) mass is 270 g/mol. The van der Waals surface area contributed by atoms with Crippen molar-refractivity contribution in [3.05, 3.63) is 35.9 Å². The molecule has 1 amide bonds. The number of nitrogens with zero attached hydrogens (tertiary/aromatic N) is 1. The van der Waals surface area contributed by atoms with Gasteiger partial charge < -0.3 is 10.2 Å². The largest absolute Gasteiger partial charge is 0.332 e. The van der Waals surface area contributed by atoms with Crippen LogP contribution in [0.15, 0.2) is 30.3 Å². The molecule has 2 rings (SSSR count). The molecule has 0 atom stereocenters. The second-order valence-corrected chi connectivity index (χ2v) is 5.24. The van der Waals surface area contributed by atoms with E-state index >= 15 is 0 Å². The van der Waals surface area contributed by atoms with Crippen LogP contribution in [0.1, 0.15) is 24.8 Å². The van der Waals surface area contributed by atoms with E-state index in [0.717, 1.165) is 44.0 Å². The maximum Gasteiger partial charge on any atom is 0.298 e. The van der Waals surface area contributed by atoms with E-state index in [1.807, 2.05) is 42.3 Å². The topological polar surface area (TPSA) is 32.3 Å². The number of nitrogens with one attached hydrogen (secondary N) is 1. The number of carbonyl (C=O) groups excluding carboxylic acids is 1. The lowest BCUT2D eigenvalue weighted by molar-refractivity contribution is -0.126. The van der Waals surface area contributed by atoms with Crippen molar-refractivity contribution in [3.8, 4) is 11.8 Å². The Hall–Kier alpha value is -1.79. The van der Waals surface area contributed by atoms with Gasteiger partial charge in [-0.05, 0) is 50.9 Å². The van der Waals surface area contributed by atoms with E-state index in [-0.39, 0.29) is 5.91 Å². The molecule has 0 aromatic heterocycles. The van der Waals surface area contributed by atoms with E-state index in [2.05, 4.69) is 17.2 Å². The summed E-state index contributed by atoms with van der Waals surface area (Å²) in [7, 11) is 1.98. The standard InChI is InChI=1S/C17H22N2O/c1-18-12-9-16-10-13-19(14-11-16)17(20)8-7-15-5-3-2-4-6-15/h2-6,16,18H,9-14H2,1H3. The Balaban J connectivity index is 1.82. The Morgan fingerprint density at radius 3 is 2.65 bits per heavy atom. The molecule has 0 aliphatic carbocycles. The quantitative estimate of drug-likeness (QED) is 0.851. The lowest BCUT2D eigenvalue weighted by atomic mass is 9.93. The fourth-order valence-electron chi connectivity index (χ4n) is 2.50. The van der Waals surface area contributed by atoms with Gasteiger partial charge in [-0.1, -0.05) is 24.1 Å². The van der Waals surface area contributed by atoms with E-state index in [1.54, 1.807) is 0 Å². The molecule has 1 aromatic rings. The van der Waals surface area contributed by atoms with Crippen LogP contribution in [0.25, 0.3) is 0 Å². The minimum atomic E-state index is -0.0408. The molecule has 1 aliphatic rings. The summed E-state index contributed by atoms with van der Waals surface area (Å²) in [4.78, 5) is 13.9. The zero-order valence-corrected chi connectivity index (χ0v) is 12.1. The number of amides is 1. The number of benzene rings is 1. The fourth-order valence-corrected chi connectivity index (χ4v) is 2.50. The molecule has 0 radical (unpaired) electrons. The van der Waals surface area contributed by atoms with E-state index < -0.39 is 0 Å². The minimum Gasteiger partial charge on any atom is -0.332 e. The van der Waals surface area contributed by atoms with Crippen molar-refractivity contribution in [2.24, 2.45) is 5.92 Å². The molecule has 3 heteroatoms. The highest BCUT2D eigenvalue weighted by Crippen LogP contribution is 2.19. The van der Waals surface area contributed by atoms with Crippen molar-refractivity contribution >= 4 is 5.91 Å². The summed E-state index contributed by atoms with van der Waals surface area (Å²) in [5.41, 5.74) is 0.893. The van der Waals surface area contributed by atoms with Crippen molar-refractivity contribution in [1.82, 2.24) is 10.2 Å². The first-order valence-corrected chi connectivity index (χ1v) is 7.30. The summed E-state index contributed by atoms with van der Waals surface area (Å²) in [6.07, 6.45) is 3.40. The molecule has 1 heterocycles. The molecule has 1 N–H and O–H groups in total. The summed E-state index contributed by atoms with van der Waals surface area (Å²) in [5.74, 6) is 6.39. The Morgan fingerprint density at radius 1 is 1.30 bits per heavy atom. The van der Waals surface area contributed by atoms with Crippen LogP contribution in [0.3, 0.4) is 0 Å². The normalized spacial score (nSPS) is 15.6. The van der Waals surface area contributed by atoms with Crippen molar-refractivity contribution in [2.45, 2.75) is 19.3 Å². The molecule has 0 unspecified atom stereocenters. The highest BCUT2D eigenvalue weighted by Gasteiger charge is 2.21. The Bertz CT molecular complexity index is 479. The van der Waals surface area contributed by atoms with Crippen LogP contribution >= 0.6 is 0 Å². The van der Waals surface area contributed by atoms with Gasteiger partial charge in [-0.25, -0.2) is 0 Å². The van der Waals surface area contributed by atoms with Gasteiger partial charge in [-0.3, -0.25) is 4.79 Å². The van der Waals surface area contributed by atoms with Crippen molar-refractivity contribution in [3.63, 3.8) is 0 Å². The lowest BCUT2D eigenvalue weighted by Gasteiger charge is -2.30. The van der Waals surface area contributed by atoms with Gasteiger partial charge in [0, 0.05) is 24.6 Å². The first-order valence-electron chi connectivity index (χ1n) is 7.30. The summed E-state index contributed by atoms with van der Waals surface area (Å²) in [6.45, 7) is 2.75. The molecular formula is C17H22N2O. The van der Waals surface area contributed by atoms with Gasteiger partial charge in [-0.2, -0.15) is 0 Å². The molecule has 106 valence electrons. The van der Waals surface area contributed by atoms with Gasteiger partial charge in [0.2, 0.25) is 0 Å². The van der Waals surface area contributed by atoms with Crippen LogP contribution in [0.4, 0.5) is 0 Å². The van der Waals surface area contributed by atoms with Crippen LogP contribution in [0.2, 0.25) is 0 Å². The Morgan fingerprint density at radius 2 is 2.00 bits per heavy atom. The predicted molar refractivity (Wildman–Crippen MR) is 81.2 cm³/mol. The molecule has 3 nitrogen and oxygen atoms in total. The Kier molecular flexibility index (Phi) is 5.64. The first-order chi connectivity index (χ1) is 9.79. The van der Waals surface area contributed by atoms with Crippen LogP contribution in [0.5, 0.6) is 0 Å². The molecule has 1 aromatic carbocycles. The molecule has 1 saturated heterocycles. The number of carbonyl (C=O) groups is 1. The zero-order chi connectivity index (χ0) is 14.2. The summed E-state index contributed by atoms with van der Waals surface area (Å²) >= 11 is 0. The highest BCUT2D eigenvalue weighted by atomic mass is 16.2. The Labute approximate surface area is 121 Å². The number of rotatable bonds is 3. The SMILES string of the molecule is CNCCC1CCN(C(=O)C#Cc2ccccc2)CC1. The zero-order valence-electron chi connectivity index (χ0n) is 12.1. The van der Waals surface area contributed by atoms with Crippen molar-refractivity contribution < 1.29 is 4.79 Å². The second kappa shape index (κ2) is 7.72. The minimum absolute atomic E-state index is 0.0408. The van der Waals surface area contributed by atoms with Crippen LogP contribution in [-0.4, -0.2) is 37.5 Å². The van der Waals surface area contributed by atoms with Crippen LogP contribution in [0, 0.1) is 17.8 Å². The van der Waals surface area contributed by atoms with E-state index in [0.29, 0.717) is 0 Å². The second-order valence-electron chi connectivity index (χ2n) is 5.24. The molecule has 0 saturated carbocycles. The van der Waals surface area contributed by atoms with E-state index in [9.17, 15) is 4.79 Å². The third-order valence-corrected chi connectivity index (χ3v) is 3.79. The molecule has 1 aliphatic heterocycles. The van der Waals surface area contributed by atoms with Gasteiger partial charge in [-0.15, -0.1) is 0 Å². The maximum absolute atomic E-state index is 12.0. The van der Waals surface area contributed by atoms with Crippen LogP contribution in [-0.2, 0) is 4.79 Å². The van der Waals surface area contributed by atoms with Gasteiger partial charge in [0.25, 0.3) is 5.91 Å². The van der Waals surface area contributed by atoms with E-state index in [1.165, 1.54) is 6.42 Å². The molecule has 1 fully saturated rings. The smallest absolute Gasteiger partial charge is 0.298 e. The lowest BCUT2D eigenvalue weighted by Crippen LogP contribution is -2.38. The number of likely N-dealkylation sites (tertiary alicyclic amines) is 1. The third-order valence-electron chi connectivity index (χ3n) is 3.79. The number of hydrogen-bond acceptors (Lipinski definition) is 2. The fraction of sp³-hybridized carbons (Fsp3) is 0.471. The summed E-state index contributed by atoms with van der Waals surface area (Å²) in [5, 5.41) is 3.18. The summed E-state index contributed by atoms with van der Waals surface area (Å²) in [6, 6.07) is 9.65. The molecule has 0 bridgehead atoms. The maximum atomic E-state index is 12.0. The predicted octanol–water partition coefficient (Wildman–Crippen LogP) is 1.89. The number of piperidine rings is 1. The number of hydrogen-bond donors (Lipinski definition) is 1. The van der Waals surface area contributed by atoms with Crippen LogP contribution < -0.4 is 5.32 Å². The van der Waals surface area contributed by atoms with E-state index in [4.69, 9.17) is 0 Å². The average Bonchev–Trinajstić information content (AvgIpc) is 2.52. The first kappa shape index (κ1) is 14.6. The molecular weight excluding hydrogens is 248 g/mol.